The molecular weight excluding hydrogens is 455 g/mol. The van der Waals surface area contributed by atoms with E-state index in [1.165, 1.54) is 16.9 Å². The van der Waals surface area contributed by atoms with Gasteiger partial charge in [-0.3, -0.25) is 0 Å². The highest BCUT2D eigenvalue weighted by Crippen LogP contribution is 2.22. The van der Waals surface area contributed by atoms with Crippen LogP contribution in [0.25, 0.3) is 0 Å². The quantitative estimate of drug-likeness (QED) is 0.389. The van der Waals surface area contributed by atoms with Gasteiger partial charge in [-0.2, -0.15) is 0 Å². The van der Waals surface area contributed by atoms with Crippen LogP contribution in [0.2, 0.25) is 0 Å². The molecule has 26 heavy (non-hydrogen) atoms. The van der Waals surface area contributed by atoms with Crippen LogP contribution in [-0.4, -0.2) is 35.5 Å². The Balaban J connectivity index is 0.00000243. The van der Waals surface area contributed by atoms with Crippen LogP contribution in [0, 0.1) is 19.8 Å². The molecule has 1 unspecified atom stereocenters. The van der Waals surface area contributed by atoms with Crippen LogP contribution in [0.15, 0.2) is 35.3 Å². The number of benzene rings is 1. The van der Waals surface area contributed by atoms with Gasteiger partial charge in [-0.05, 0) is 45.1 Å². The van der Waals surface area contributed by atoms with Crippen molar-refractivity contribution in [3.8, 4) is 0 Å². The number of nitrogens with one attached hydrogen (secondary N) is 1. The summed E-state index contributed by atoms with van der Waals surface area (Å²) in [6.07, 6.45) is 2.39. The van der Waals surface area contributed by atoms with Gasteiger partial charge in [0.05, 0.1) is 12.2 Å². The zero-order chi connectivity index (χ0) is 17.6. The second-order valence-electron chi connectivity index (χ2n) is 6.71. The minimum Gasteiger partial charge on any atom is -0.357 e. The van der Waals surface area contributed by atoms with Crippen molar-refractivity contribution in [3.05, 3.63) is 51.5 Å². The highest BCUT2D eigenvalue weighted by atomic mass is 127. The zero-order valence-electron chi connectivity index (χ0n) is 15.9. The van der Waals surface area contributed by atoms with E-state index in [0.717, 1.165) is 42.7 Å². The van der Waals surface area contributed by atoms with Gasteiger partial charge in [-0.15, -0.1) is 35.3 Å². The Morgan fingerprint density at radius 3 is 2.73 bits per heavy atom. The van der Waals surface area contributed by atoms with Crippen molar-refractivity contribution in [1.82, 2.24) is 15.2 Å². The van der Waals surface area contributed by atoms with Crippen molar-refractivity contribution in [3.63, 3.8) is 0 Å². The number of hydrogen-bond donors (Lipinski definition) is 1. The van der Waals surface area contributed by atoms with E-state index >= 15 is 0 Å². The van der Waals surface area contributed by atoms with Gasteiger partial charge in [0, 0.05) is 24.5 Å². The summed E-state index contributed by atoms with van der Waals surface area (Å²) in [5.41, 5.74) is 2.56. The maximum Gasteiger partial charge on any atom is 0.194 e. The number of guanidine groups is 1. The lowest BCUT2D eigenvalue weighted by Crippen LogP contribution is -2.40. The number of aliphatic imine (C=N–C) groups is 1. The molecule has 2 heterocycles. The first-order valence-corrected chi connectivity index (χ1v) is 9.97. The van der Waals surface area contributed by atoms with Crippen molar-refractivity contribution in [2.24, 2.45) is 10.9 Å². The number of nitrogens with zero attached hydrogens (tertiary/aromatic N) is 3. The molecule has 4 nitrogen and oxygen atoms in total. The molecular formula is C20H29IN4S. The largest absolute Gasteiger partial charge is 0.357 e. The molecule has 0 amide bonds. The Hall–Kier alpha value is -1.15. The van der Waals surface area contributed by atoms with Crippen molar-refractivity contribution < 1.29 is 0 Å². The smallest absolute Gasteiger partial charge is 0.194 e. The Morgan fingerprint density at radius 1 is 1.31 bits per heavy atom. The number of aromatic nitrogens is 1. The maximum absolute atomic E-state index is 4.84. The van der Waals surface area contributed by atoms with Gasteiger partial charge in [0.1, 0.15) is 5.01 Å². The summed E-state index contributed by atoms with van der Waals surface area (Å²) in [5, 5.41) is 4.56. The molecule has 6 heteroatoms. The lowest BCUT2D eigenvalue weighted by Gasteiger charge is -2.21. The molecule has 2 aromatic rings. The number of rotatable bonds is 5. The molecule has 1 N–H and O–H groups in total. The van der Waals surface area contributed by atoms with E-state index in [1.54, 1.807) is 11.3 Å². The minimum absolute atomic E-state index is 0. The summed E-state index contributed by atoms with van der Waals surface area (Å²) in [7, 11) is 0. The van der Waals surface area contributed by atoms with Gasteiger partial charge in [0.2, 0.25) is 0 Å². The summed E-state index contributed by atoms with van der Waals surface area (Å²) in [4.78, 5) is 13.1. The highest BCUT2D eigenvalue weighted by Gasteiger charge is 2.25. The molecule has 0 spiro atoms. The third-order valence-corrected chi connectivity index (χ3v) is 5.78. The van der Waals surface area contributed by atoms with E-state index < -0.39 is 0 Å². The standard InChI is InChI=1S/C20H28N4S.HI/c1-4-21-20(22-13-19-23-15(2)16(3)25-19)24-11-10-18(14-24)12-17-8-6-5-7-9-17;/h5-9,18H,4,10-14H2,1-3H3,(H,21,22);1H. The summed E-state index contributed by atoms with van der Waals surface area (Å²) in [5.74, 6) is 1.74. The van der Waals surface area contributed by atoms with Crippen molar-refractivity contribution in [2.45, 2.75) is 40.2 Å². The number of halogens is 1. The monoisotopic (exact) mass is 484 g/mol. The topological polar surface area (TPSA) is 40.5 Å². The number of hydrogen-bond acceptors (Lipinski definition) is 3. The second kappa shape index (κ2) is 10.3. The average molecular weight is 484 g/mol. The van der Waals surface area contributed by atoms with Crippen LogP contribution in [0.3, 0.4) is 0 Å². The predicted molar refractivity (Wildman–Crippen MR) is 122 cm³/mol. The molecule has 1 fully saturated rings. The van der Waals surface area contributed by atoms with E-state index in [9.17, 15) is 0 Å². The van der Waals surface area contributed by atoms with Gasteiger partial charge in [0.25, 0.3) is 0 Å². The van der Waals surface area contributed by atoms with Gasteiger partial charge < -0.3 is 10.2 Å². The Kier molecular flexibility index (Phi) is 8.34. The first-order chi connectivity index (χ1) is 12.2. The molecule has 1 aromatic carbocycles. The molecule has 1 atom stereocenters. The molecule has 1 saturated heterocycles. The van der Waals surface area contributed by atoms with Crippen LogP contribution >= 0.6 is 35.3 Å². The van der Waals surface area contributed by atoms with E-state index in [4.69, 9.17) is 4.99 Å². The summed E-state index contributed by atoms with van der Waals surface area (Å²) in [6, 6.07) is 10.8. The summed E-state index contributed by atoms with van der Waals surface area (Å²) >= 11 is 1.75. The number of likely N-dealkylation sites (tertiary alicyclic amines) is 1. The molecule has 1 aliphatic heterocycles. The fourth-order valence-electron chi connectivity index (χ4n) is 3.31. The lowest BCUT2D eigenvalue weighted by atomic mass is 9.99. The maximum atomic E-state index is 4.84. The molecule has 0 aliphatic carbocycles. The van der Waals surface area contributed by atoms with Crippen LogP contribution in [-0.2, 0) is 13.0 Å². The second-order valence-corrected chi connectivity index (χ2v) is 8.00. The van der Waals surface area contributed by atoms with Gasteiger partial charge in [-0.25, -0.2) is 9.98 Å². The molecule has 0 radical (unpaired) electrons. The van der Waals surface area contributed by atoms with E-state index in [-0.39, 0.29) is 24.0 Å². The van der Waals surface area contributed by atoms with Crippen molar-refractivity contribution in [2.75, 3.05) is 19.6 Å². The molecule has 142 valence electrons. The summed E-state index contributed by atoms with van der Waals surface area (Å²) < 4.78 is 0. The first-order valence-electron chi connectivity index (χ1n) is 9.15. The van der Waals surface area contributed by atoms with Crippen LogP contribution in [0.1, 0.15) is 34.5 Å². The summed E-state index contributed by atoms with van der Waals surface area (Å²) in [6.45, 7) is 10.1. The van der Waals surface area contributed by atoms with Crippen molar-refractivity contribution >= 4 is 41.3 Å². The Morgan fingerprint density at radius 2 is 2.08 bits per heavy atom. The van der Waals surface area contributed by atoms with E-state index in [1.807, 2.05) is 0 Å². The fraction of sp³-hybridized carbons (Fsp3) is 0.500. The number of aryl methyl sites for hydroxylation is 2. The molecule has 3 rings (SSSR count). The fourth-order valence-corrected chi connectivity index (χ4v) is 4.17. The molecule has 0 saturated carbocycles. The SMILES string of the molecule is CCNC(=NCc1nc(C)c(C)s1)N1CCC(Cc2ccccc2)C1.I. The average Bonchev–Trinajstić information content (AvgIpc) is 3.19. The van der Waals surface area contributed by atoms with Gasteiger partial charge >= 0.3 is 0 Å². The van der Waals surface area contributed by atoms with Crippen LogP contribution in [0.5, 0.6) is 0 Å². The zero-order valence-corrected chi connectivity index (χ0v) is 19.0. The predicted octanol–water partition coefficient (Wildman–Crippen LogP) is 4.41. The normalized spacial score (nSPS) is 17.3. The third kappa shape index (κ3) is 5.67. The molecule has 1 aromatic heterocycles. The number of thiazole rings is 1. The van der Waals surface area contributed by atoms with Crippen molar-refractivity contribution in [1.29, 1.82) is 0 Å². The van der Waals surface area contributed by atoms with E-state index in [0.29, 0.717) is 12.5 Å². The third-order valence-electron chi connectivity index (χ3n) is 4.72. The Labute approximate surface area is 178 Å². The first kappa shape index (κ1) is 21.2. The van der Waals surface area contributed by atoms with Gasteiger partial charge in [-0.1, -0.05) is 30.3 Å². The van der Waals surface area contributed by atoms with Crippen LogP contribution < -0.4 is 5.32 Å². The molecule has 0 bridgehead atoms. The lowest BCUT2D eigenvalue weighted by molar-refractivity contribution is 0.460. The van der Waals surface area contributed by atoms with Crippen LogP contribution in [0.4, 0.5) is 0 Å². The van der Waals surface area contributed by atoms with Gasteiger partial charge in [0.15, 0.2) is 5.96 Å². The van der Waals surface area contributed by atoms with E-state index in [2.05, 4.69) is 66.3 Å². The Bertz CT molecular complexity index is 694. The molecule has 1 aliphatic rings. The highest BCUT2D eigenvalue weighted by molar-refractivity contribution is 14.0. The minimum atomic E-state index is 0.